The molecular weight excluding hydrogens is 272 g/mol. The van der Waals surface area contributed by atoms with E-state index in [4.69, 9.17) is 0 Å². The minimum absolute atomic E-state index is 0.126. The Morgan fingerprint density at radius 1 is 1.30 bits per heavy atom. The van der Waals surface area contributed by atoms with Crippen molar-refractivity contribution in [2.75, 3.05) is 0 Å². The molecule has 0 aliphatic heterocycles. The molecule has 0 aromatic carbocycles. The number of carbonyl (C=O) groups is 2. The first-order chi connectivity index (χ1) is 9.72. The topological polar surface area (TPSA) is 58.2 Å². The predicted octanol–water partition coefficient (Wildman–Crippen LogP) is 2.35. The molecule has 0 saturated carbocycles. The molecule has 20 heavy (non-hydrogen) atoms. The first-order valence-electron chi connectivity index (χ1n) is 7.10. The van der Waals surface area contributed by atoms with Gasteiger partial charge in [0.05, 0.1) is 4.88 Å². The zero-order valence-electron chi connectivity index (χ0n) is 11.3. The second-order valence-corrected chi connectivity index (χ2v) is 6.52. The van der Waals surface area contributed by atoms with Crippen LogP contribution in [-0.2, 0) is 17.6 Å². The third-order valence-electron chi connectivity index (χ3n) is 3.85. The molecule has 2 N–H and O–H groups in total. The summed E-state index contributed by atoms with van der Waals surface area (Å²) < 4.78 is 0. The number of hydrazine groups is 1. The van der Waals surface area contributed by atoms with Gasteiger partial charge in [-0.3, -0.25) is 20.4 Å². The molecule has 0 unspecified atom stereocenters. The van der Waals surface area contributed by atoms with Crippen LogP contribution in [0.25, 0.3) is 0 Å². The molecule has 2 amide bonds. The summed E-state index contributed by atoms with van der Waals surface area (Å²) in [4.78, 5) is 25.7. The molecule has 4 nitrogen and oxygen atoms in total. The molecule has 0 saturated heterocycles. The van der Waals surface area contributed by atoms with Crippen LogP contribution < -0.4 is 10.9 Å². The van der Waals surface area contributed by atoms with Gasteiger partial charge in [0.1, 0.15) is 0 Å². The molecule has 1 aromatic heterocycles. The Morgan fingerprint density at radius 2 is 2.20 bits per heavy atom. The number of rotatable bonds is 3. The molecule has 0 spiro atoms. The number of hydrogen-bond donors (Lipinski definition) is 2. The molecule has 106 valence electrons. The molecule has 1 atom stereocenters. The van der Waals surface area contributed by atoms with Gasteiger partial charge < -0.3 is 0 Å². The predicted molar refractivity (Wildman–Crippen MR) is 78.4 cm³/mol. The maximum Gasteiger partial charge on any atom is 0.279 e. The molecule has 2 aliphatic rings. The van der Waals surface area contributed by atoms with Gasteiger partial charge in [-0.2, -0.15) is 0 Å². The number of thiophene rings is 1. The number of hydrogen-bond acceptors (Lipinski definition) is 3. The molecule has 0 fully saturated rings. The van der Waals surface area contributed by atoms with Crippen molar-refractivity contribution < 1.29 is 9.59 Å². The lowest BCUT2D eigenvalue weighted by Gasteiger charge is -2.09. The largest absolute Gasteiger partial charge is 0.279 e. The van der Waals surface area contributed by atoms with Gasteiger partial charge in [-0.1, -0.05) is 12.2 Å². The highest BCUT2D eigenvalue weighted by molar-refractivity contribution is 7.14. The van der Waals surface area contributed by atoms with Crippen molar-refractivity contribution in [1.82, 2.24) is 10.9 Å². The average molecular weight is 290 g/mol. The van der Waals surface area contributed by atoms with Crippen molar-refractivity contribution in [2.24, 2.45) is 5.92 Å². The van der Waals surface area contributed by atoms with E-state index in [2.05, 4.69) is 23.0 Å². The summed E-state index contributed by atoms with van der Waals surface area (Å²) in [7, 11) is 0. The van der Waals surface area contributed by atoms with Crippen LogP contribution in [0.4, 0.5) is 0 Å². The van der Waals surface area contributed by atoms with Crippen molar-refractivity contribution in [3.8, 4) is 0 Å². The van der Waals surface area contributed by atoms with Gasteiger partial charge in [0, 0.05) is 11.3 Å². The summed E-state index contributed by atoms with van der Waals surface area (Å²) in [6.07, 6.45) is 10.0. The number of carbonyl (C=O) groups excluding carboxylic acids is 2. The summed E-state index contributed by atoms with van der Waals surface area (Å²) in [5.41, 5.74) is 6.31. The van der Waals surface area contributed by atoms with Crippen molar-refractivity contribution in [3.05, 3.63) is 33.5 Å². The van der Waals surface area contributed by atoms with Crippen molar-refractivity contribution in [2.45, 2.75) is 38.5 Å². The van der Waals surface area contributed by atoms with Crippen molar-refractivity contribution in [3.63, 3.8) is 0 Å². The molecule has 3 rings (SSSR count). The monoisotopic (exact) mass is 290 g/mol. The Hall–Kier alpha value is -1.62. The van der Waals surface area contributed by atoms with Crippen LogP contribution in [0, 0.1) is 5.92 Å². The first-order valence-corrected chi connectivity index (χ1v) is 7.91. The van der Waals surface area contributed by atoms with E-state index in [0.29, 0.717) is 17.2 Å². The van der Waals surface area contributed by atoms with Crippen LogP contribution >= 0.6 is 11.3 Å². The van der Waals surface area contributed by atoms with Crippen LogP contribution in [0.3, 0.4) is 0 Å². The zero-order valence-corrected chi connectivity index (χ0v) is 12.1. The van der Waals surface area contributed by atoms with Crippen LogP contribution in [0.2, 0.25) is 0 Å². The fourth-order valence-electron chi connectivity index (χ4n) is 2.78. The fourth-order valence-corrected chi connectivity index (χ4v) is 3.93. The average Bonchev–Trinajstić information content (AvgIpc) is 3.11. The molecule has 1 heterocycles. The third kappa shape index (κ3) is 2.93. The lowest BCUT2D eigenvalue weighted by Crippen LogP contribution is -2.41. The normalized spacial score (nSPS) is 19.9. The SMILES string of the molecule is O=C(C[C@@H]1C=CCC1)NNC(=O)c1cc2c(s1)CCC2. The molecule has 1 aromatic rings. The maximum absolute atomic E-state index is 12.0. The van der Waals surface area contributed by atoms with Gasteiger partial charge in [-0.25, -0.2) is 0 Å². The number of amides is 2. The Balaban J connectivity index is 1.48. The van der Waals surface area contributed by atoms with E-state index in [1.54, 1.807) is 11.3 Å². The van der Waals surface area contributed by atoms with E-state index < -0.39 is 0 Å². The van der Waals surface area contributed by atoms with Gasteiger partial charge in [-0.05, 0) is 49.7 Å². The Morgan fingerprint density at radius 3 is 2.95 bits per heavy atom. The van der Waals surface area contributed by atoms with Gasteiger partial charge in [0.25, 0.3) is 5.91 Å². The van der Waals surface area contributed by atoms with Gasteiger partial charge >= 0.3 is 0 Å². The number of aryl methyl sites for hydroxylation is 2. The van der Waals surface area contributed by atoms with Crippen molar-refractivity contribution in [1.29, 1.82) is 0 Å². The quantitative estimate of drug-likeness (QED) is 0.663. The van der Waals surface area contributed by atoms with E-state index in [9.17, 15) is 9.59 Å². The fraction of sp³-hybridized carbons (Fsp3) is 0.467. The number of nitrogens with one attached hydrogen (secondary N) is 2. The van der Waals surface area contributed by atoms with Crippen LogP contribution in [0.5, 0.6) is 0 Å². The number of allylic oxidation sites excluding steroid dienone is 2. The molecular formula is C15H18N2O2S. The highest BCUT2D eigenvalue weighted by Crippen LogP contribution is 2.30. The van der Waals surface area contributed by atoms with E-state index in [1.807, 2.05) is 6.07 Å². The second kappa shape index (κ2) is 5.79. The standard InChI is InChI=1S/C15H18N2O2S/c18-14(8-10-4-1-2-5-10)16-17-15(19)13-9-11-6-3-7-12(11)20-13/h1,4,9-10H,2-3,5-8H2,(H,16,18)(H,17,19)/t10-/m1/s1. The summed E-state index contributed by atoms with van der Waals surface area (Å²) in [6, 6.07) is 1.95. The third-order valence-corrected chi connectivity index (χ3v) is 5.08. The van der Waals surface area contributed by atoms with E-state index in [0.717, 1.165) is 25.7 Å². The van der Waals surface area contributed by atoms with E-state index in [-0.39, 0.29) is 11.8 Å². The highest BCUT2D eigenvalue weighted by atomic mass is 32.1. The van der Waals surface area contributed by atoms with E-state index in [1.165, 1.54) is 16.9 Å². The summed E-state index contributed by atoms with van der Waals surface area (Å²) in [5.74, 6) is -0.0175. The zero-order chi connectivity index (χ0) is 13.9. The summed E-state index contributed by atoms with van der Waals surface area (Å²) >= 11 is 1.54. The maximum atomic E-state index is 12.0. The van der Waals surface area contributed by atoms with Gasteiger partial charge in [0.2, 0.25) is 5.91 Å². The number of fused-ring (bicyclic) bond motifs is 1. The molecule has 5 heteroatoms. The second-order valence-electron chi connectivity index (χ2n) is 5.38. The van der Waals surface area contributed by atoms with Crippen LogP contribution in [-0.4, -0.2) is 11.8 Å². The van der Waals surface area contributed by atoms with Crippen LogP contribution in [0.1, 0.15) is 45.8 Å². The first kappa shape index (κ1) is 13.4. The molecule has 0 bridgehead atoms. The Labute approximate surface area is 122 Å². The highest BCUT2D eigenvalue weighted by Gasteiger charge is 2.19. The lowest BCUT2D eigenvalue weighted by atomic mass is 10.1. The van der Waals surface area contributed by atoms with E-state index >= 15 is 0 Å². The van der Waals surface area contributed by atoms with Crippen molar-refractivity contribution >= 4 is 23.2 Å². The van der Waals surface area contributed by atoms with Gasteiger partial charge in [0.15, 0.2) is 0 Å². The summed E-state index contributed by atoms with van der Waals surface area (Å²) in [5, 5.41) is 0. The van der Waals surface area contributed by atoms with Crippen LogP contribution in [0.15, 0.2) is 18.2 Å². The molecule has 0 radical (unpaired) electrons. The minimum Gasteiger partial charge on any atom is -0.273 e. The molecule has 2 aliphatic carbocycles. The van der Waals surface area contributed by atoms with Gasteiger partial charge in [-0.15, -0.1) is 11.3 Å². The smallest absolute Gasteiger partial charge is 0.273 e. The lowest BCUT2D eigenvalue weighted by molar-refractivity contribution is -0.122. The Bertz CT molecular complexity index is 541. The minimum atomic E-state index is -0.209. The Kier molecular flexibility index (Phi) is 3.87. The summed E-state index contributed by atoms with van der Waals surface area (Å²) in [6.45, 7) is 0.